The quantitative estimate of drug-likeness (QED) is 0.696. The average molecular weight is 381 g/mol. The van der Waals surface area contributed by atoms with Crippen molar-refractivity contribution in [3.05, 3.63) is 11.8 Å². The van der Waals surface area contributed by atoms with Crippen LogP contribution in [0.2, 0.25) is 0 Å². The highest BCUT2D eigenvalue weighted by Gasteiger charge is 2.25. The first-order valence-electron chi connectivity index (χ1n) is 9.45. The molecule has 2 aliphatic rings. The lowest BCUT2D eigenvalue weighted by Crippen LogP contribution is -2.32. The second kappa shape index (κ2) is 9.24. The van der Waals surface area contributed by atoms with Crippen LogP contribution in [0.15, 0.2) is 6.20 Å². The summed E-state index contributed by atoms with van der Waals surface area (Å²) in [6, 6.07) is 2.24. The molecule has 0 aromatic carbocycles. The lowest BCUT2D eigenvalue weighted by atomic mass is 9.93. The minimum atomic E-state index is -2.73. The Morgan fingerprint density at radius 3 is 2.59 bits per heavy atom. The van der Waals surface area contributed by atoms with E-state index >= 15 is 0 Å². The molecule has 2 unspecified atom stereocenters. The normalized spacial score (nSPS) is 28.6. The summed E-state index contributed by atoms with van der Waals surface area (Å²) in [7, 11) is 0. The number of nitrogens with one attached hydrogen (secondary N) is 2. The van der Waals surface area contributed by atoms with E-state index in [4.69, 9.17) is 0 Å². The van der Waals surface area contributed by atoms with Gasteiger partial charge in [-0.05, 0) is 51.4 Å². The number of halogens is 2. The Hall–Kier alpha value is -2.05. The van der Waals surface area contributed by atoms with Crippen molar-refractivity contribution in [1.29, 1.82) is 5.26 Å². The van der Waals surface area contributed by atoms with E-state index in [1.54, 1.807) is 0 Å². The third kappa shape index (κ3) is 5.71. The van der Waals surface area contributed by atoms with E-state index in [2.05, 4.69) is 31.4 Å². The van der Waals surface area contributed by atoms with Crippen LogP contribution in [0, 0.1) is 11.3 Å². The Labute approximate surface area is 157 Å². The molecule has 0 radical (unpaired) electrons. The molecule has 0 bridgehead atoms. The van der Waals surface area contributed by atoms with Crippen molar-refractivity contribution < 1.29 is 18.6 Å². The van der Waals surface area contributed by atoms with Gasteiger partial charge in [-0.3, -0.25) is 0 Å². The fourth-order valence-corrected chi connectivity index (χ4v) is 3.80. The smallest absolute Gasteiger partial charge is 0.345 e. The SMILES string of the molecule is N#Cc1cnc(NC2CCC(OC(F)F)CC2)nc1NC1CCCC(O)C1. The second-order valence-corrected chi connectivity index (χ2v) is 7.24. The second-order valence-electron chi connectivity index (χ2n) is 7.24. The molecule has 0 saturated heterocycles. The van der Waals surface area contributed by atoms with Crippen LogP contribution in [0.1, 0.15) is 56.9 Å². The molecule has 0 amide bonds. The Bertz CT molecular complexity index is 662. The number of alkyl halides is 2. The standard InChI is InChI=1S/C18H25F2N5O2/c19-17(20)27-15-6-4-12(5-7-15)24-18-22-10-11(9-21)16(25-18)23-13-2-1-3-14(26)8-13/h10,12-15,17,26H,1-8H2,(H2,22,23,24,25). The van der Waals surface area contributed by atoms with Crippen LogP contribution in [0.25, 0.3) is 0 Å². The summed E-state index contributed by atoms with van der Waals surface area (Å²) in [5.74, 6) is 0.870. The van der Waals surface area contributed by atoms with E-state index in [0.29, 0.717) is 49.4 Å². The van der Waals surface area contributed by atoms with Gasteiger partial charge in [-0.1, -0.05) is 0 Å². The zero-order valence-electron chi connectivity index (χ0n) is 15.1. The highest BCUT2D eigenvalue weighted by Crippen LogP contribution is 2.26. The van der Waals surface area contributed by atoms with Crippen molar-refractivity contribution in [3.8, 4) is 6.07 Å². The number of aromatic nitrogens is 2. The summed E-state index contributed by atoms with van der Waals surface area (Å²) in [4.78, 5) is 8.63. The molecule has 148 valence electrons. The first-order chi connectivity index (χ1) is 13.0. The maximum atomic E-state index is 12.3. The van der Waals surface area contributed by atoms with Crippen molar-refractivity contribution in [1.82, 2.24) is 9.97 Å². The first kappa shape index (κ1) is 19.7. The molecule has 2 fully saturated rings. The summed E-state index contributed by atoms with van der Waals surface area (Å²) in [6.07, 6.45) is 6.53. The van der Waals surface area contributed by atoms with Crippen LogP contribution in [-0.4, -0.2) is 46.0 Å². The molecule has 2 atom stereocenters. The maximum absolute atomic E-state index is 12.3. The van der Waals surface area contributed by atoms with E-state index in [1.807, 2.05) is 0 Å². The van der Waals surface area contributed by atoms with E-state index in [0.717, 1.165) is 19.3 Å². The van der Waals surface area contributed by atoms with Crippen molar-refractivity contribution in [2.45, 2.75) is 82.3 Å². The number of nitriles is 1. The van der Waals surface area contributed by atoms with E-state index in [-0.39, 0.29) is 18.2 Å². The summed E-state index contributed by atoms with van der Waals surface area (Å²) < 4.78 is 29.2. The van der Waals surface area contributed by atoms with E-state index in [1.165, 1.54) is 6.20 Å². The lowest BCUT2D eigenvalue weighted by Gasteiger charge is -2.29. The van der Waals surface area contributed by atoms with Crippen molar-refractivity contribution >= 4 is 11.8 Å². The highest BCUT2D eigenvalue weighted by atomic mass is 19.3. The number of aliphatic hydroxyl groups excluding tert-OH is 1. The summed E-state index contributed by atoms with van der Waals surface area (Å²) >= 11 is 0. The zero-order chi connectivity index (χ0) is 19.2. The molecule has 9 heteroatoms. The first-order valence-corrected chi connectivity index (χ1v) is 9.45. The summed E-state index contributed by atoms with van der Waals surface area (Å²) in [5, 5.41) is 25.6. The molecule has 7 nitrogen and oxygen atoms in total. The highest BCUT2D eigenvalue weighted by molar-refractivity contribution is 5.54. The van der Waals surface area contributed by atoms with Gasteiger partial charge in [0.25, 0.3) is 0 Å². The largest absolute Gasteiger partial charge is 0.393 e. The zero-order valence-corrected chi connectivity index (χ0v) is 15.1. The van der Waals surface area contributed by atoms with Gasteiger partial charge in [-0.25, -0.2) is 4.98 Å². The van der Waals surface area contributed by atoms with Gasteiger partial charge in [-0.2, -0.15) is 19.0 Å². The molecule has 3 rings (SSSR count). The van der Waals surface area contributed by atoms with Crippen LogP contribution < -0.4 is 10.6 Å². The van der Waals surface area contributed by atoms with Gasteiger partial charge < -0.3 is 20.5 Å². The Balaban J connectivity index is 1.59. The predicted octanol–water partition coefficient (Wildman–Crippen LogP) is 3.03. The van der Waals surface area contributed by atoms with Crippen molar-refractivity contribution in [2.24, 2.45) is 0 Å². The number of aliphatic hydroxyl groups is 1. The molecule has 1 aromatic rings. The van der Waals surface area contributed by atoms with Crippen LogP contribution in [0.3, 0.4) is 0 Å². The molecule has 27 heavy (non-hydrogen) atoms. The van der Waals surface area contributed by atoms with Crippen molar-refractivity contribution in [3.63, 3.8) is 0 Å². The minimum Gasteiger partial charge on any atom is -0.393 e. The molecule has 1 heterocycles. The summed E-state index contributed by atoms with van der Waals surface area (Å²) in [6.45, 7) is -2.73. The maximum Gasteiger partial charge on any atom is 0.345 e. The average Bonchev–Trinajstić information content (AvgIpc) is 2.63. The van der Waals surface area contributed by atoms with Gasteiger partial charge in [0, 0.05) is 12.1 Å². The topological polar surface area (TPSA) is 103 Å². The Morgan fingerprint density at radius 2 is 1.93 bits per heavy atom. The molecular weight excluding hydrogens is 356 g/mol. The number of nitrogens with zero attached hydrogens (tertiary/aromatic N) is 3. The van der Waals surface area contributed by atoms with Gasteiger partial charge in [0.15, 0.2) is 0 Å². The molecule has 1 aromatic heterocycles. The van der Waals surface area contributed by atoms with E-state index in [9.17, 15) is 19.1 Å². The molecule has 2 aliphatic carbocycles. The number of rotatable bonds is 6. The van der Waals surface area contributed by atoms with E-state index < -0.39 is 12.7 Å². The number of hydrogen-bond acceptors (Lipinski definition) is 7. The fourth-order valence-electron chi connectivity index (χ4n) is 3.80. The minimum absolute atomic E-state index is 0.0746. The number of anilines is 2. The van der Waals surface area contributed by atoms with Crippen LogP contribution in [0.5, 0.6) is 0 Å². The Kier molecular flexibility index (Phi) is 6.74. The van der Waals surface area contributed by atoms with Crippen LogP contribution in [-0.2, 0) is 4.74 Å². The van der Waals surface area contributed by atoms with Gasteiger partial charge >= 0.3 is 6.61 Å². The molecule has 2 saturated carbocycles. The predicted molar refractivity (Wildman–Crippen MR) is 95.4 cm³/mol. The van der Waals surface area contributed by atoms with Gasteiger partial charge in [0.05, 0.1) is 18.4 Å². The number of hydrogen-bond donors (Lipinski definition) is 3. The molecule has 0 spiro atoms. The lowest BCUT2D eigenvalue weighted by molar-refractivity contribution is -0.169. The molecule has 3 N–H and O–H groups in total. The third-order valence-corrected chi connectivity index (χ3v) is 5.20. The monoisotopic (exact) mass is 381 g/mol. The summed E-state index contributed by atoms with van der Waals surface area (Å²) in [5.41, 5.74) is 0.356. The van der Waals surface area contributed by atoms with Crippen LogP contribution in [0.4, 0.5) is 20.5 Å². The molecule has 0 aliphatic heterocycles. The molecular formula is C18H25F2N5O2. The van der Waals surface area contributed by atoms with Gasteiger partial charge in [0.2, 0.25) is 5.95 Å². The van der Waals surface area contributed by atoms with Gasteiger partial charge in [0.1, 0.15) is 17.5 Å². The van der Waals surface area contributed by atoms with Crippen molar-refractivity contribution in [2.75, 3.05) is 10.6 Å². The Morgan fingerprint density at radius 1 is 1.15 bits per heavy atom. The number of ether oxygens (including phenoxy) is 1. The van der Waals surface area contributed by atoms with Gasteiger partial charge in [-0.15, -0.1) is 0 Å². The van der Waals surface area contributed by atoms with Crippen LogP contribution >= 0.6 is 0 Å². The third-order valence-electron chi connectivity index (χ3n) is 5.20. The fraction of sp³-hybridized carbons (Fsp3) is 0.722.